The molecule has 0 fully saturated rings. The van der Waals surface area contributed by atoms with Gasteiger partial charge >= 0.3 is 5.97 Å². The lowest BCUT2D eigenvalue weighted by Crippen LogP contribution is -2.17. The van der Waals surface area contributed by atoms with Gasteiger partial charge in [-0.1, -0.05) is 48.5 Å². The summed E-state index contributed by atoms with van der Waals surface area (Å²) in [5.74, 6) is 0.00486. The summed E-state index contributed by atoms with van der Waals surface area (Å²) < 4.78 is 5.06. The summed E-state index contributed by atoms with van der Waals surface area (Å²) in [7, 11) is 0. The molecule has 0 aromatic heterocycles. The van der Waals surface area contributed by atoms with E-state index in [1.165, 1.54) is 6.08 Å². The fourth-order valence-electron chi connectivity index (χ4n) is 2.31. The number of phenolic OH excluding ortho intramolecular Hbond substituents is 1. The number of benzene rings is 1. The van der Waals surface area contributed by atoms with E-state index in [0.29, 0.717) is 12.4 Å². The molecule has 0 radical (unpaired) electrons. The number of hydrogen-bond donors (Lipinski definition) is 1. The predicted molar refractivity (Wildman–Crippen MR) is 95.8 cm³/mol. The van der Waals surface area contributed by atoms with Crippen molar-refractivity contribution in [2.24, 2.45) is 0 Å². The summed E-state index contributed by atoms with van der Waals surface area (Å²) in [6, 6.07) is 3.88. The third-order valence-corrected chi connectivity index (χ3v) is 3.61. The number of rotatable bonds is 4. The van der Waals surface area contributed by atoms with Gasteiger partial charge in [-0.3, -0.25) is 0 Å². The minimum Gasteiger partial charge on any atom is -0.507 e. The first kappa shape index (κ1) is 19.3. The molecule has 0 bridgehead atoms. The van der Waals surface area contributed by atoms with Gasteiger partial charge in [-0.2, -0.15) is 0 Å². The van der Waals surface area contributed by atoms with Crippen molar-refractivity contribution in [2.45, 2.75) is 65.7 Å². The van der Waals surface area contributed by atoms with Crippen LogP contribution in [0.25, 0.3) is 6.08 Å². The molecule has 0 amide bonds. The zero-order valence-electron chi connectivity index (χ0n) is 15.5. The van der Waals surface area contributed by atoms with Gasteiger partial charge in [0.25, 0.3) is 0 Å². The molecular formula is C20H30O3. The first-order valence-electron chi connectivity index (χ1n) is 8.19. The standard InChI is InChI=1S/C20H30O3/c1-8-11-23-17(21)10-9-14-12-15(19(2,3)4)18(22)16(13-14)20(5,6)7/h9-10,12-13,22H,8,11H2,1-7H3. The van der Waals surface area contributed by atoms with E-state index in [4.69, 9.17) is 4.74 Å². The minimum atomic E-state index is -0.338. The van der Waals surface area contributed by atoms with Crippen molar-refractivity contribution in [3.8, 4) is 5.75 Å². The van der Waals surface area contributed by atoms with Gasteiger partial charge in [0.15, 0.2) is 0 Å². The third-order valence-electron chi connectivity index (χ3n) is 3.61. The molecule has 0 saturated heterocycles. The van der Waals surface area contributed by atoms with E-state index in [2.05, 4.69) is 41.5 Å². The van der Waals surface area contributed by atoms with Crippen molar-refractivity contribution in [1.29, 1.82) is 0 Å². The van der Waals surface area contributed by atoms with Gasteiger partial charge in [-0.05, 0) is 41.0 Å². The number of phenols is 1. The molecule has 1 aromatic rings. The Bertz CT molecular complexity index is 549. The van der Waals surface area contributed by atoms with Crippen LogP contribution in [-0.2, 0) is 20.4 Å². The van der Waals surface area contributed by atoms with Crippen LogP contribution < -0.4 is 0 Å². The maximum absolute atomic E-state index is 11.6. The van der Waals surface area contributed by atoms with E-state index in [9.17, 15) is 9.90 Å². The number of ether oxygens (including phenoxy) is 1. The van der Waals surface area contributed by atoms with Crippen LogP contribution in [0.5, 0.6) is 5.75 Å². The molecule has 0 saturated carbocycles. The van der Waals surface area contributed by atoms with E-state index in [1.54, 1.807) is 6.08 Å². The maximum Gasteiger partial charge on any atom is 0.330 e. The Morgan fingerprint density at radius 3 is 1.96 bits per heavy atom. The summed E-state index contributed by atoms with van der Waals surface area (Å²) in [4.78, 5) is 11.6. The van der Waals surface area contributed by atoms with Gasteiger partial charge in [-0.25, -0.2) is 4.79 Å². The van der Waals surface area contributed by atoms with Crippen molar-refractivity contribution in [3.63, 3.8) is 0 Å². The molecule has 23 heavy (non-hydrogen) atoms. The molecule has 3 nitrogen and oxygen atoms in total. The molecule has 0 atom stereocenters. The molecule has 1 rings (SSSR count). The first-order chi connectivity index (χ1) is 10.5. The highest BCUT2D eigenvalue weighted by molar-refractivity contribution is 5.87. The van der Waals surface area contributed by atoms with Crippen LogP contribution in [0, 0.1) is 0 Å². The van der Waals surface area contributed by atoms with E-state index in [1.807, 2.05) is 19.1 Å². The molecule has 0 spiro atoms. The highest BCUT2D eigenvalue weighted by Crippen LogP contribution is 2.39. The monoisotopic (exact) mass is 318 g/mol. The molecule has 3 heteroatoms. The second-order valence-electron chi connectivity index (χ2n) is 7.97. The van der Waals surface area contributed by atoms with Crippen molar-refractivity contribution >= 4 is 12.0 Å². The molecule has 0 unspecified atom stereocenters. The first-order valence-corrected chi connectivity index (χ1v) is 8.19. The lowest BCUT2D eigenvalue weighted by atomic mass is 9.78. The zero-order chi connectivity index (χ0) is 17.8. The van der Waals surface area contributed by atoms with Crippen LogP contribution in [0.2, 0.25) is 0 Å². The Labute approximate surface area is 140 Å². The van der Waals surface area contributed by atoms with Gasteiger partial charge in [0, 0.05) is 17.2 Å². The van der Waals surface area contributed by atoms with Crippen LogP contribution in [0.15, 0.2) is 18.2 Å². The summed E-state index contributed by atoms with van der Waals surface area (Å²) >= 11 is 0. The quantitative estimate of drug-likeness (QED) is 0.631. The topological polar surface area (TPSA) is 46.5 Å². The number of carbonyl (C=O) groups is 1. The Balaban J connectivity index is 3.29. The number of carbonyl (C=O) groups excluding carboxylic acids is 1. The lowest BCUT2D eigenvalue weighted by Gasteiger charge is -2.27. The van der Waals surface area contributed by atoms with Gasteiger partial charge in [0.1, 0.15) is 5.75 Å². The van der Waals surface area contributed by atoms with E-state index >= 15 is 0 Å². The molecule has 0 aliphatic carbocycles. The van der Waals surface area contributed by atoms with Crippen LogP contribution in [0.3, 0.4) is 0 Å². The SMILES string of the molecule is CCCOC(=O)C=Cc1cc(C(C)(C)C)c(O)c(C(C)(C)C)c1. The maximum atomic E-state index is 11.6. The largest absolute Gasteiger partial charge is 0.507 e. The smallest absolute Gasteiger partial charge is 0.330 e. The Kier molecular flexibility index (Phi) is 6.04. The van der Waals surface area contributed by atoms with Crippen molar-refractivity contribution in [3.05, 3.63) is 34.9 Å². The van der Waals surface area contributed by atoms with Crippen molar-refractivity contribution in [1.82, 2.24) is 0 Å². The second kappa shape index (κ2) is 7.20. The summed E-state index contributed by atoms with van der Waals surface area (Å²) in [6.45, 7) is 14.8. The van der Waals surface area contributed by atoms with E-state index < -0.39 is 0 Å². The van der Waals surface area contributed by atoms with Gasteiger partial charge in [-0.15, -0.1) is 0 Å². The predicted octanol–water partition coefficient (Wildman–Crippen LogP) is 4.95. The Morgan fingerprint density at radius 2 is 1.57 bits per heavy atom. The molecular weight excluding hydrogens is 288 g/mol. The zero-order valence-corrected chi connectivity index (χ0v) is 15.5. The highest BCUT2D eigenvalue weighted by atomic mass is 16.5. The Morgan fingerprint density at radius 1 is 1.09 bits per heavy atom. The minimum absolute atomic E-state index is 0.184. The van der Waals surface area contributed by atoms with Crippen LogP contribution in [-0.4, -0.2) is 17.7 Å². The van der Waals surface area contributed by atoms with Crippen molar-refractivity contribution in [2.75, 3.05) is 6.61 Å². The molecule has 0 heterocycles. The van der Waals surface area contributed by atoms with E-state index in [0.717, 1.165) is 23.1 Å². The number of aromatic hydroxyl groups is 1. The number of hydrogen-bond acceptors (Lipinski definition) is 3. The Hall–Kier alpha value is -1.77. The van der Waals surface area contributed by atoms with Gasteiger partial charge in [0.2, 0.25) is 0 Å². The molecule has 0 aliphatic rings. The molecule has 0 aliphatic heterocycles. The normalized spacial score (nSPS) is 12.7. The fraction of sp³-hybridized carbons (Fsp3) is 0.550. The summed E-state index contributed by atoms with van der Waals surface area (Å²) in [5, 5.41) is 10.7. The molecule has 1 aromatic carbocycles. The second-order valence-corrected chi connectivity index (χ2v) is 7.97. The lowest BCUT2D eigenvalue weighted by molar-refractivity contribution is -0.137. The molecule has 128 valence electrons. The van der Waals surface area contributed by atoms with Crippen molar-refractivity contribution < 1.29 is 14.6 Å². The van der Waals surface area contributed by atoms with Crippen LogP contribution >= 0.6 is 0 Å². The van der Waals surface area contributed by atoms with Crippen LogP contribution in [0.4, 0.5) is 0 Å². The summed E-state index contributed by atoms with van der Waals surface area (Å²) in [5.41, 5.74) is 2.29. The van der Waals surface area contributed by atoms with Crippen LogP contribution in [0.1, 0.15) is 71.6 Å². The average Bonchev–Trinajstić information content (AvgIpc) is 2.41. The van der Waals surface area contributed by atoms with Gasteiger partial charge < -0.3 is 9.84 Å². The summed E-state index contributed by atoms with van der Waals surface area (Å²) in [6.07, 6.45) is 4.00. The number of esters is 1. The van der Waals surface area contributed by atoms with Gasteiger partial charge in [0.05, 0.1) is 6.61 Å². The highest BCUT2D eigenvalue weighted by Gasteiger charge is 2.26. The average molecular weight is 318 g/mol. The fourth-order valence-corrected chi connectivity index (χ4v) is 2.31. The third kappa shape index (κ3) is 5.42. The van der Waals surface area contributed by atoms with E-state index in [-0.39, 0.29) is 16.8 Å². The molecule has 1 N–H and O–H groups in total.